The van der Waals surface area contributed by atoms with Crippen LogP contribution in [0, 0.1) is 0 Å². The SMILES string of the molecule is CC(C)=CCC/C(C)=C/CCc1cc2c(cc1Cl)OCO2. The van der Waals surface area contributed by atoms with Crippen molar-refractivity contribution in [2.45, 2.75) is 46.5 Å². The number of hydrogen-bond acceptors (Lipinski definition) is 2. The highest BCUT2D eigenvalue weighted by molar-refractivity contribution is 6.31. The van der Waals surface area contributed by atoms with Crippen LogP contribution < -0.4 is 9.47 Å². The molecule has 3 heteroatoms. The fraction of sp³-hybridized carbons (Fsp3) is 0.444. The van der Waals surface area contributed by atoms with E-state index in [1.807, 2.05) is 12.1 Å². The molecule has 0 saturated carbocycles. The van der Waals surface area contributed by atoms with Crippen molar-refractivity contribution in [2.75, 3.05) is 6.79 Å². The molecule has 1 aromatic carbocycles. The lowest BCUT2D eigenvalue weighted by Crippen LogP contribution is -1.92. The molecule has 0 atom stereocenters. The van der Waals surface area contributed by atoms with E-state index in [1.54, 1.807) is 0 Å². The topological polar surface area (TPSA) is 18.5 Å². The standard InChI is InChI=1S/C18H23ClO2/c1-13(2)6-4-7-14(3)8-5-9-15-10-17-18(11-16(15)19)21-12-20-17/h6,8,10-11H,4-5,7,9,12H2,1-3H3/b14-8+. The Kier molecular flexibility index (Phi) is 5.75. The number of aryl methyl sites for hydroxylation is 1. The van der Waals surface area contributed by atoms with E-state index < -0.39 is 0 Å². The molecule has 0 saturated heterocycles. The molecular formula is C18H23ClO2. The predicted molar refractivity (Wildman–Crippen MR) is 88.3 cm³/mol. The number of benzene rings is 1. The minimum absolute atomic E-state index is 0.290. The van der Waals surface area contributed by atoms with Crippen LogP contribution in [0.15, 0.2) is 35.4 Å². The largest absolute Gasteiger partial charge is 0.454 e. The van der Waals surface area contributed by atoms with Crippen LogP contribution >= 0.6 is 11.6 Å². The van der Waals surface area contributed by atoms with Crippen molar-refractivity contribution >= 4 is 11.6 Å². The molecule has 1 aromatic rings. The first-order chi connectivity index (χ1) is 10.1. The molecule has 1 heterocycles. The van der Waals surface area contributed by atoms with Gasteiger partial charge in [-0.3, -0.25) is 0 Å². The van der Waals surface area contributed by atoms with Crippen LogP contribution in [0.4, 0.5) is 0 Å². The first kappa shape index (κ1) is 16.0. The maximum absolute atomic E-state index is 6.28. The number of fused-ring (bicyclic) bond motifs is 1. The van der Waals surface area contributed by atoms with Gasteiger partial charge in [-0.2, -0.15) is 0 Å². The predicted octanol–water partition coefficient (Wildman–Crippen LogP) is 5.69. The number of ether oxygens (including phenoxy) is 2. The van der Waals surface area contributed by atoms with Gasteiger partial charge in [-0.25, -0.2) is 0 Å². The van der Waals surface area contributed by atoms with Crippen LogP contribution in [-0.2, 0) is 6.42 Å². The Bertz CT molecular complexity index is 555. The van der Waals surface area contributed by atoms with Crippen LogP contribution in [0.25, 0.3) is 0 Å². The third kappa shape index (κ3) is 4.82. The van der Waals surface area contributed by atoms with E-state index >= 15 is 0 Å². The van der Waals surface area contributed by atoms with E-state index in [1.165, 1.54) is 11.1 Å². The van der Waals surface area contributed by atoms with Crippen molar-refractivity contribution in [3.05, 3.63) is 46.0 Å². The Balaban J connectivity index is 1.87. The Morgan fingerprint density at radius 3 is 2.52 bits per heavy atom. The molecule has 0 bridgehead atoms. The molecule has 21 heavy (non-hydrogen) atoms. The number of halogens is 1. The van der Waals surface area contributed by atoms with Crippen molar-refractivity contribution in [1.29, 1.82) is 0 Å². The molecular weight excluding hydrogens is 284 g/mol. The van der Waals surface area contributed by atoms with Gasteiger partial charge in [-0.05, 0) is 58.1 Å². The zero-order valence-electron chi connectivity index (χ0n) is 13.0. The second-order valence-corrected chi connectivity index (χ2v) is 6.11. The molecule has 2 rings (SSSR count). The third-order valence-electron chi connectivity index (χ3n) is 3.54. The highest BCUT2D eigenvalue weighted by Crippen LogP contribution is 2.37. The molecule has 114 valence electrons. The lowest BCUT2D eigenvalue weighted by Gasteiger charge is -2.05. The average molecular weight is 307 g/mol. The summed E-state index contributed by atoms with van der Waals surface area (Å²) >= 11 is 6.28. The summed E-state index contributed by atoms with van der Waals surface area (Å²) in [7, 11) is 0. The summed E-state index contributed by atoms with van der Waals surface area (Å²) in [4.78, 5) is 0. The molecule has 0 aromatic heterocycles. The van der Waals surface area contributed by atoms with E-state index in [2.05, 4.69) is 32.9 Å². The molecule has 0 unspecified atom stereocenters. The van der Waals surface area contributed by atoms with Gasteiger partial charge < -0.3 is 9.47 Å². The first-order valence-electron chi connectivity index (χ1n) is 7.43. The zero-order valence-corrected chi connectivity index (χ0v) is 13.8. The van der Waals surface area contributed by atoms with E-state index in [4.69, 9.17) is 21.1 Å². The molecule has 1 aliphatic rings. The molecule has 0 fully saturated rings. The highest BCUT2D eigenvalue weighted by atomic mass is 35.5. The van der Waals surface area contributed by atoms with Gasteiger partial charge in [0.1, 0.15) is 0 Å². The monoisotopic (exact) mass is 306 g/mol. The first-order valence-corrected chi connectivity index (χ1v) is 7.81. The van der Waals surface area contributed by atoms with Gasteiger partial charge in [0.25, 0.3) is 0 Å². The Labute approximate surface area is 132 Å². The summed E-state index contributed by atoms with van der Waals surface area (Å²) in [6.45, 7) is 6.76. The Hall–Kier alpha value is -1.41. The minimum Gasteiger partial charge on any atom is -0.454 e. The van der Waals surface area contributed by atoms with Crippen LogP contribution in [-0.4, -0.2) is 6.79 Å². The van der Waals surface area contributed by atoms with Crippen molar-refractivity contribution in [1.82, 2.24) is 0 Å². The van der Waals surface area contributed by atoms with Gasteiger partial charge >= 0.3 is 0 Å². The van der Waals surface area contributed by atoms with Crippen molar-refractivity contribution in [3.8, 4) is 11.5 Å². The van der Waals surface area contributed by atoms with Gasteiger partial charge in [0, 0.05) is 11.1 Å². The third-order valence-corrected chi connectivity index (χ3v) is 3.89. The number of rotatable bonds is 6. The van der Waals surface area contributed by atoms with E-state index in [0.717, 1.165) is 47.8 Å². The van der Waals surface area contributed by atoms with E-state index in [0.29, 0.717) is 6.79 Å². The molecule has 0 radical (unpaired) electrons. The lowest BCUT2D eigenvalue weighted by molar-refractivity contribution is 0.174. The van der Waals surface area contributed by atoms with Crippen LogP contribution in [0.5, 0.6) is 11.5 Å². The second kappa shape index (κ2) is 7.56. The highest BCUT2D eigenvalue weighted by Gasteiger charge is 2.15. The summed E-state index contributed by atoms with van der Waals surface area (Å²) in [5.41, 5.74) is 3.94. The molecule has 0 aliphatic carbocycles. The quantitative estimate of drug-likeness (QED) is 0.628. The van der Waals surface area contributed by atoms with Crippen LogP contribution in [0.2, 0.25) is 5.02 Å². The lowest BCUT2D eigenvalue weighted by atomic mass is 10.1. The number of allylic oxidation sites excluding steroid dienone is 4. The molecule has 0 N–H and O–H groups in total. The van der Waals surface area contributed by atoms with Crippen molar-refractivity contribution in [3.63, 3.8) is 0 Å². The normalized spacial score (nSPS) is 13.4. The summed E-state index contributed by atoms with van der Waals surface area (Å²) in [5.74, 6) is 1.55. The smallest absolute Gasteiger partial charge is 0.231 e. The maximum atomic E-state index is 6.28. The maximum Gasteiger partial charge on any atom is 0.231 e. The average Bonchev–Trinajstić information content (AvgIpc) is 2.85. The van der Waals surface area contributed by atoms with Gasteiger partial charge in [0.2, 0.25) is 6.79 Å². The summed E-state index contributed by atoms with van der Waals surface area (Å²) in [5, 5.41) is 0.759. The minimum atomic E-state index is 0.290. The molecule has 0 spiro atoms. The van der Waals surface area contributed by atoms with Crippen molar-refractivity contribution in [2.24, 2.45) is 0 Å². The summed E-state index contributed by atoms with van der Waals surface area (Å²) < 4.78 is 10.7. The van der Waals surface area contributed by atoms with E-state index in [9.17, 15) is 0 Å². The molecule has 0 amide bonds. The van der Waals surface area contributed by atoms with Gasteiger partial charge in [0.05, 0.1) is 0 Å². The Morgan fingerprint density at radius 1 is 1.10 bits per heavy atom. The van der Waals surface area contributed by atoms with Crippen LogP contribution in [0.1, 0.15) is 45.6 Å². The van der Waals surface area contributed by atoms with Gasteiger partial charge in [-0.1, -0.05) is 34.9 Å². The molecule has 1 aliphatic heterocycles. The second-order valence-electron chi connectivity index (χ2n) is 5.71. The van der Waals surface area contributed by atoms with Crippen LogP contribution in [0.3, 0.4) is 0 Å². The van der Waals surface area contributed by atoms with Gasteiger partial charge in [-0.15, -0.1) is 0 Å². The van der Waals surface area contributed by atoms with Gasteiger partial charge in [0.15, 0.2) is 11.5 Å². The van der Waals surface area contributed by atoms with Crippen molar-refractivity contribution < 1.29 is 9.47 Å². The Morgan fingerprint density at radius 2 is 1.81 bits per heavy atom. The fourth-order valence-corrected chi connectivity index (χ4v) is 2.56. The zero-order chi connectivity index (χ0) is 15.2. The number of hydrogen-bond donors (Lipinski definition) is 0. The fourth-order valence-electron chi connectivity index (χ4n) is 2.32. The summed E-state index contributed by atoms with van der Waals surface area (Å²) in [6.07, 6.45) is 8.76. The summed E-state index contributed by atoms with van der Waals surface area (Å²) in [6, 6.07) is 3.85. The molecule has 2 nitrogen and oxygen atoms in total. The van der Waals surface area contributed by atoms with E-state index in [-0.39, 0.29) is 0 Å².